The van der Waals surface area contributed by atoms with Crippen molar-refractivity contribution in [3.63, 3.8) is 0 Å². The fourth-order valence-corrected chi connectivity index (χ4v) is 2.54. The predicted molar refractivity (Wildman–Crippen MR) is 87.6 cm³/mol. The number of amides is 1. The maximum Gasteiger partial charge on any atom is 0.235 e. The second-order valence-corrected chi connectivity index (χ2v) is 5.52. The number of nitrogens with two attached hydrogens (primary N) is 1. The molecule has 2 aromatic rings. The van der Waals surface area contributed by atoms with Crippen LogP contribution in [0.2, 0.25) is 0 Å². The standard InChI is InChI=1S/C19H18N2O2/c1-13-7-9-15(10-8-13)18(22)11-16(17(12-20)19(21)23)14-5-3-2-4-6-14/h2-10,16-17H,11H2,1H3,(H2,21,23)/t16-,17+/m1/s1. The van der Waals surface area contributed by atoms with Gasteiger partial charge in [-0.2, -0.15) is 5.26 Å². The van der Waals surface area contributed by atoms with Gasteiger partial charge in [0.2, 0.25) is 5.91 Å². The Bertz CT molecular complexity index is 730. The molecule has 0 aliphatic carbocycles. The molecule has 23 heavy (non-hydrogen) atoms. The fraction of sp³-hybridized carbons (Fsp3) is 0.211. The molecule has 2 N–H and O–H groups in total. The molecule has 2 atom stereocenters. The van der Waals surface area contributed by atoms with Gasteiger partial charge in [-0.15, -0.1) is 0 Å². The average Bonchev–Trinajstić information content (AvgIpc) is 2.55. The quantitative estimate of drug-likeness (QED) is 0.833. The van der Waals surface area contributed by atoms with Crippen molar-refractivity contribution in [2.75, 3.05) is 0 Å². The van der Waals surface area contributed by atoms with E-state index in [-0.39, 0.29) is 12.2 Å². The van der Waals surface area contributed by atoms with Gasteiger partial charge in [0.15, 0.2) is 5.78 Å². The molecule has 0 saturated heterocycles. The van der Waals surface area contributed by atoms with E-state index in [9.17, 15) is 14.9 Å². The summed E-state index contributed by atoms with van der Waals surface area (Å²) < 4.78 is 0. The summed E-state index contributed by atoms with van der Waals surface area (Å²) in [5.41, 5.74) is 7.74. The predicted octanol–water partition coefficient (Wildman–Crippen LogP) is 2.98. The van der Waals surface area contributed by atoms with Crippen LogP contribution < -0.4 is 5.73 Å². The first-order valence-electron chi connectivity index (χ1n) is 7.36. The van der Waals surface area contributed by atoms with Gasteiger partial charge in [0, 0.05) is 17.9 Å². The lowest BCUT2D eigenvalue weighted by molar-refractivity contribution is -0.120. The molecule has 116 valence electrons. The summed E-state index contributed by atoms with van der Waals surface area (Å²) in [5, 5.41) is 9.29. The molecule has 1 amide bonds. The van der Waals surface area contributed by atoms with Gasteiger partial charge in [-0.25, -0.2) is 0 Å². The number of nitrogens with zero attached hydrogens (tertiary/aromatic N) is 1. The van der Waals surface area contributed by atoms with E-state index >= 15 is 0 Å². The van der Waals surface area contributed by atoms with Gasteiger partial charge in [0.25, 0.3) is 0 Å². The van der Waals surface area contributed by atoms with Crippen molar-refractivity contribution < 1.29 is 9.59 Å². The van der Waals surface area contributed by atoms with Crippen molar-refractivity contribution in [2.45, 2.75) is 19.3 Å². The smallest absolute Gasteiger partial charge is 0.235 e. The first-order chi connectivity index (χ1) is 11.0. The number of primary amides is 1. The number of benzene rings is 2. The summed E-state index contributed by atoms with van der Waals surface area (Å²) in [6, 6.07) is 18.3. The molecule has 0 heterocycles. The lowest BCUT2D eigenvalue weighted by atomic mass is 9.81. The Morgan fingerprint density at radius 1 is 1.09 bits per heavy atom. The van der Waals surface area contributed by atoms with E-state index in [1.165, 1.54) is 0 Å². The van der Waals surface area contributed by atoms with Crippen LogP contribution in [0, 0.1) is 24.2 Å². The van der Waals surface area contributed by atoms with E-state index in [1.807, 2.05) is 43.3 Å². The SMILES string of the molecule is Cc1ccc(C(=O)C[C@H](c2ccccc2)[C@H](C#N)C(N)=O)cc1. The Balaban J connectivity index is 2.31. The van der Waals surface area contributed by atoms with E-state index in [0.717, 1.165) is 11.1 Å². The highest BCUT2D eigenvalue weighted by atomic mass is 16.1. The van der Waals surface area contributed by atoms with Crippen LogP contribution in [-0.2, 0) is 4.79 Å². The highest BCUT2D eigenvalue weighted by Crippen LogP contribution is 2.29. The van der Waals surface area contributed by atoms with E-state index in [2.05, 4.69) is 0 Å². The van der Waals surface area contributed by atoms with E-state index in [4.69, 9.17) is 5.73 Å². The first-order valence-corrected chi connectivity index (χ1v) is 7.36. The average molecular weight is 306 g/mol. The molecule has 0 fully saturated rings. The number of carbonyl (C=O) groups is 2. The number of aryl methyl sites for hydroxylation is 1. The van der Waals surface area contributed by atoms with Crippen LogP contribution in [0.4, 0.5) is 0 Å². The molecule has 2 rings (SSSR count). The van der Waals surface area contributed by atoms with Crippen molar-refractivity contribution in [1.29, 1.82) is 5.26 Å². The van der Waals surface area contributed by atoms with Crippen molar-refractivity contribution in [1.82, 2.24) is 0 Å². The van der Waals surface area contributed by atoms with Gasteiger partial charge in [-0.05, 0) is 12.5 Å². The second kappa shape index (κ2) is 7.37. The molecular formula is C19H18N2O2. The highest BCUT2D eigenvalue weighted by Gasteiger charge is 2.30. The minimum atomic E-state index is -1.04. The number of ketones is 1. The summed E-state index contributed by atoms with van der Waals surface area (Å²) in [5.74, 6) is -2.40. The van der Waals surface area contributed by atoms with Crippen LogP contribution in [0.1, 0.15) is 33.8 Å². The van der Waals surface area contributed by atoms with Crippen molar-refractivity contribution in [2.24, 2.45) is 11.7 Å². The molecule has 0 unspecified atom stereocenters. The summed E-state index contributed by atoms with van der Waals surface area (Å²) in [6.45, 7) is 1.94. The molecule has 0 aliphatic heterocycles. The zero-order valence-electron chi connectivity index (χ0n) is 12.9. The first kappa shape index (κ1) is 16.4. The topological polar surface area (TPSA) is 83.9 Å². The minimum Gasteiger partial charge on any atom is -0.369 e. The van der Waals surface area contributed by atoms with Gasteiger partial charge < -0.3 is 5.73 Å². The zero-order valence-corrected chi connectivity index (χ0v) is 12.9. The summed E-state index contributed by atoms with van der Waals surface area (Å²) in [6.07, 6.45) is 0.0637. The Kier molecular flexibility index (Phi) is 5.27. The van der Waals surface area contributed by atoms with Gasteiger partial charge >= 0.3 is 0 Å². The molecule has 0 radical (unpaired) electrons. The third kappa shape index (κ3) is 4.04. The molecule has 0 bridgehead atoms. The third-order valence-electron chi connectivity index (χ3n) is 3.85. The van der Waals surface area contributed by atoms with E-state index in [1.54, 1.807) is 24.3 Å². The Morgan fingerprint density at radius 2 is 1.70 bits per heavy atom. The number of hydrogen-bond acceptors (Lipinski definition) is 3. The molecule has 0 aliphatic rings. The van der Waals surface area contributed by atoms with Gasteiger partial charge in [-0.1, -0.05) is 60.2 Å². The Labute approximate surface area is 135 Å². The Hall–Kier alpha value is -2.93. The van der Waals surface area contributed by atoms with Crippen LogP contribution in [0.3, 0.4) is 0 Å². The number of hydrogen-bond donors (Lipinski definition) is 1. The number of Topliss-reactive ketones (excluding diaryl/α,β-unsaturated/α-hetero) is 1. The number of carbonyl (C=O) groups excluding carboxylic acids is 2. The van der Waals surface area contributed by atoms with Crippen molar-refractivity contribution >= 4 is 11.7 Å². The number of rotatable bonds is 6. The molecule has 0 saturated carbocycles. The normalized spacial score (nSPS) is 12.9. The van der Waals surface area contributed by atoms with Crippen molar-refractivity contribution in [3.8, 4) is 6.07 Å². The van der Waals surface area contributed by atoms with Crippen molar-refractivity contribution in [3.05, 3.63) is 71.3 Å². The molecule has 0 spiro atoms. The lowest BCUT2D eigenvalue weighted by Crippen LogP contribution is -2.29. The maximum atomic E-state index is 12.5. The molecule has 4 heteroatoms. The monoisotopic (exact) mass is 306 g/mol. The third-order valence-corrected chi connectivity index (χ3v) is 3.85. The molecule has 2 aromatic carbocycles. The van der Waals surface area contributed by atoms with Crippen LogP contribution >= 0.6 is 0 Å². The zero-order chi connectivity index (χ0) is 16.8. The largest absolute Gasteiger partial charge is 0.369 e. The molecule has 0 aromatic heterocycles. The van der Waals surface area contributed by atoms with Crippen LogP contribution in [0.15, 0.2) is 54.6 Å². The van der Waals surface area contributed by atoms with Gasteiger partial charge in [0.05, 0.1) is 6.07 Å². The van der Waals surface area contributed by atoms with Crippen LogP contribution in [0.25, 0.3) is 0 Å². The summed E-state index contributed by atoms with van der Waals surface area (Å²) >= 11 is 0. The number of nitriles is 1. The maximum absolute atomic E-state index is 12.5. The Morgan fingerprint density at radius 3 is 2.22 bits per heavy atom. The van der Waals surface area contributed by atoms with E-state index in [0.29, 0.717) is 5.56 Å². The fourth-order valence-electron chi connectivity index (χ4n) is 2.54. The molecular weight excluding hydrogens is 288 g/mol. The van der Waals surface area contributed by atoms with E-state index < -0.39 is 17.7 Å². The summed E-state index contributed by atoms with van der Waals surface area (Å²) in [7, 11) is 0. The lowest BCUT2D eigenvalue weighted by Gasteiger charge is -2.19. The molecule has 4 nitrogen and oxygen atoms in total. The summed E-state index contributed by atoms with van der Waals surface area (Å²) in [4.78, 5) is 24.1. The second-order valence-electron chi connectivity index (χ2n) is 5.52. The van der Waals surface area contributed by atoms with Crippen LogP contribution in [0.5, 0.6) is 0 Å². The van der Waals surface area contributed by atoms with Gasteiger partial charge in [-0.3, -0.25) is 9.59 Å². The van der Waals surface area contributed by atoms with Crippen LogP contribution in [-0.4, -0.2) is 11.7 Å². The van der Waals surface area contributed by atoms with Gasteiger partial charge in [0.1, 0.15) is 5.92 Å². The highest BCUT2D eigenvalue weighted by molar-refractivity contribution is 5.97. The minimum absolute atomic E-state index is 0.0637.